The van der Waals surface area contributed by atoms with Crippen molar-refractivity contribution in [1.82, 2.24) is 0 Å². The van der Waals surface area contributed by atoms with Crippen LogP contribution in [-0.2, 0) is 14.3 Å². The summed E-state index contributed by atoms with van der Waals surface area (Å²) < 4.78 is 4.13. The third kappa shape index (κ3) is 2.00. The zero-order chi connectivity index (χ0) is 9.84. The smallest absolute Gasteiger partial charge is 0.383 e. The number of ketones is 2. The molecule has 4 nitrogen and oxygen atoms in total. The van der Waals surface area contributed by atoms with Gasteiger partial charge in [0.1, 0.15) is 0 Å². The minimum atomic E-state index is -1.13. The lowest BCUT2D eigenvalue weighted by Gasteiger charge is -1.94. The largest absolute Gasteiger partial charge is 0.463 e. The fourth-order valence-electron chi connectivity index (χ4n) is 0.705. The van der Waals surface area contributed by atoms with Crippen LogP contribution in [0.4, 0.5) is 0 Å². The van der Waals surface area contributed by atoms with Crippen LogP contribution in [-0.4, -0.2) is 24.6 Å². The minimum Gasteiger partial charge on any atom is -0.463 e. The van der Waals surface area contributed by atoms with Gasteiger partial charge in [0.05, 0.1) is 12.0 Å². The molecular formula is C8H6O4S. The lowest BCUT2D eigenvalue weighted by molar-refractivity contribution is -0.149. The number of carbonyl (C=O) groups excluding carboxylic acids is 3. The van der Waals surface area contributed by atoms with E-state index in [4.69, 9.17) is 0 Å². The SMILES string of the molecule is COC(=O)C(=O)C(=O)c1cccs1. The molecule has 0 aliphatic heterocycles. The molecule has 0 saturated heterocycles. The highest BCUT2D eigenvalue weighted by Gasteiger charge is 2.25. The molecule has 0 atom stereocenters. The molecule has 5 heteroatoms. The van der Waals surface area contributed by atoms with E-state index in [1.54, 1.807) is 11.4 Å². The highest BCUT2D eigenvalue weighted by Crippen LogP contribution is 2.09. The predicted octanol–water partition coefficient (Wildman–Crippen LogP) is 0.673. The van der Waals surface area contributed by atoms with E-state index in [0.29, 0.717) is 0 Å². The van der Waals surface area contributed by atoms with Crippen molar-refractivity contribution in [2.24, 2.45) is 0 Å². The van der Waals surface area contributed by atoms with Crippen LogP contribution in [0, 0.1) is 0 Å². The number of methoxy groups -OCH3 is 1. The zero-order valence-electron chi connectivity index (χ0n) is 6.77. The molecule has 0 spiro atoms. The van der Waals surface area contributed by atoms with Crippen LogP contribution in [0.25, 0.3) is 0 Å². The maximum atomic E-state index is 11.2. The number of hydrogen-bond acceptors (Lipinski definition) is 5. The first-order chi connectivity index (χ1) is 6.16. The van der Waals surface area contributed by atoms with Gasteiger partial charge in [-0.1, -0.05) is 6.07 Å². The molecule has 0 N–H and O–H groups in total. The molecule has 0 fully saturated rings. The van der Waals surface area contributed by atoms with Crippen LogP contribution < -0.4 is 0 Å². The predicted molar refractivity (Wildman–Crippen MR) is 45.7 cm³/mol. The van der Waals surface area contributed by atoms with Gasteiger partial charge in [0, 0.05) is 0 Å². The van der Waals surface area contributed by atoms with E-state index in [1.807, 2.05) is 0 Å². The Bertz CT molecular complexity index is 339. The molecule has 1 aromatic heterocycles. The number of esters is 1. The highest BCUT2D eigenvalue weighted by atomic mass is 32.1. The van der Waals surface area contributed by atoms with Crippen molar-refractivity contribution in [3.8, 4) is 0 Å². The third-order valence-electron chi connectivity index (χ3n) is 1.32. The minimum absolute atomic E-state index is 0.246. The van der Waals surface area contributed by atoms with Gasteiger partial charge < -0.3 is 4.74 Å². The van der Waals surface area contributed by atoms with Gasteiger partial charge in [-0.2, -0.15) is 0 Å². The summed E-state index contributed by atoms with van der Waals surface area (Å²) in [5.74, 6) is -3.08. The van der Waals surface area contributed by atoms with E-state index in [9.17, 15) is 14.4 Å². The van der Waals surface area contributed by atoms with Crippen LogP contribution >= 0.6 is 11.3 Å². The van der Waals surface area contributed by atoms with E-state index >= 15 is 0 Å². The van der Waals surface area contributed by atoms with E-state index in [-0.39, 0.29) is 4.88 Å². The molecule has 0 amide bonds. The molecule has 0 bridgehead atoms. The highest BCUT2D eigenvalue weighted by molar-refractivity contribution is 7.13. The first kappa shape index (κ1) is 9.60. The van der Waals surface area contributed by atoms with Crippen molar-refractivity contribution in [1.29, 1.82) is 0 Å². The van der Waals surface area contributed by atoms with Gasteiger partial charge in [0.2, 0.25) is 0 Å². The Labute approximate surface area is 78.1 Å². The second kappa shape index (κ2) is 3.95. The van der Waals surface area contributed by atoms with Crippen molar-refractivity contribution in [3.05, 3.63) is 22.4 Å². The molecule has 1 rings (SSSR count). The number of Topliss-reactive ketones (excluding diaryl/α,β-unsaturated/α-hetero) is 2. The summed E-state index contributed by atoms with van der Waals surface area (Å²) in [6, 6.07) is 3.11. The van der Waals surface area contributed by atoms with E-state index < -0.39 is 17.5 Å². The van der Waals surface area contributed by atoms with Gasteiger partial charge in [-0.05, 0) is 11.4 Å². The average Bonchev–Trinajstić information content (AvgIpc) is 2.67. The van der Waals surface area contributed by atoms with E-state index in [1.165, 1.54) is 6.07 Å². The summed E-state index contributed by atoms with van der Waals surface area (Å²) in [4.78, 5) is 33.0. The Balaban J connectivity index is 2.81. The molecule has 0 unspecified atom stereocenters. The topological polar surface area (TPSA) is 60.4 Å². The second-order valence-corrected chi connectivity index (χ2v) is 3.07. The standard InChI is InChI=1S/C8H6O4S/c1-12-8(11)7(10)6(9)5-3-2-4-13-5/h2-4H,1H3. The lowest BCUT2D eigenvalue weighted by atomic mass is 10.2. The van der Waals surface area contributed by atoms with Gasteiger partial charge in [0.15, 0.2) is 0 Å². The number of rotatable bonds is 3. The second-order valence-electron chi connectivity index (χ2n) is 2.13. The van der Waals surface area contributed by atoms with Crippen LogP contribution in [0.15, 0.2) is 17.5 Å². The molecule has 0 aliphatic carbocycles. The van der Waals surface area contributed by atoms with Gasteiger partial charge in [0.25, 0.3) is 5.78 Å². The maximum absolute atomic E-state index is 11.2. The summed E-state index contributed by atoms with van der Waals surface area (Å²) >= 11 is 1.11. The van der Waals surface area contributed by atoms with E-state index in [2.05, 4.69) is 4.74 Å². The number of hydrogen-bond donors (Lipinski definition) is 0. The van der Waals surface area contributed by atoms with Gasteiger partial charge in [-0.3, -0.25) is 9.59 Å². The van der Waals surface area contributed by atoms with Gasteiger partial charge in [-0.25, -0.2) is 4.79 Å². The van der Waals surface area contributed by atoms with Crippen molar-refractivity contribution in [2.75, 3.05) is 7.11 Å². The summed E-state index contributed by atoms with van der Waals surface area (Å²) in [5.41, 5.74) is 0. The van der Waals surface area contributed by atoms with Crippen LogP contribution in [0.1, 0.15) is 9.67 Å². The molecule has 0 radical (unpaired) electrons. The number of carbonyl (C=O) groups is 3. The number of thiophene rings is 1. The summed E-state index contributed by atoms with van der Waals surface area (Å²) in [7, 11) is 1.06. The zero-order valence-corrected chi connectivity index (χ0v) is 7.59. The normalized spacial score (nSPS) is 9.31. The summed E-state index contributed by atoms with van der Waals surface area (Å²) in [5, 5.41) is 1.65. The van der Waals surface area contributed by atoms with Crippen molar-refractivity contribution in [3.63, 3.8) is 0 Å². The fourth-order valence-corrected chi connectivity index (χ4v) is 1.37. The van der Waals surface area contributed by atoms with Crippen LogP contribution in [0.2, 0.25) is 0 Å². The summed E-state index contributed by atoms with van der Waals surface area (Å²) in [6.07, 6.45) is 0. The maximum Gasteiger partial charge on any atom is 0.383 e. The molecule has 13 heavy (non-hydrogen) atoms. The monoisotopic (exact) mass is 198 g/mol. The first-order valence-corrected chi connectivity index (χ1v) is 4.25. The van der Waals surface area contributed by atoms with E-state index in [0.717, 1.165) is 18.4 Å². The average molecular weight is 198 g/mol. The Kier molecular flexibility index (Phi) is 2.92. The van der Waals surface area contributed by atoms with Crippen molar-refractivity contribution in [2.45, 2.75) is 0 Å². The van der Waals surface area contributed by atoms with Crippen LogP contribution in [0.3, 0.4) is 0 Å². The Morgan fingerprint density at radius 3 is 2.54 bits per heavy atom. The Hall–Kier alpha value is -1.49. The molecule has 0 aliphatic rings. The Morgan fingerprint density at radius 1 is 1.38 bits per heavy atom. The lowest BCUT2D eigenvalue weighted by Crippen LogP contribution is -2.24. The van der Waals surface area contributed by atoms with Crippen molar-refractivity contribution < 1.29 is 19.1 Å². The molecule has 0 saturated carbocycles. The molecule has 1 aromatic rings. The molecule has 0 aromatic carbocycles. The van der Waals surface area contributed by atoms with Crippen molar-refractivity contribution >= 4 is 28.9 Å². The molecular weight excluding hydrogens is 192 g/mol. The molecule has 1 heterocycles. The quantitative estimate of drug-likeness (QED) is 0.310. The number of ether oxygens (including phenoxy) is 1. The first-order valence-electron chi connectivity index (χ1n) is 3.37. The fraction of sp³-hybridized carbons (Fsp3) is 0.125. The Morgan fingerprint density at radius 2 is 2.08 bits per heavy atom. The summed E-state index contributed by atoms with van der Waals surface area (Å²) in [6.45, 7) is 0. The molecule has 68 valence electrons. The van der Waals surface area contributed by atoms with Gasteiger partial charge >= 0.3 is 11.8 Å². The third-order valence-corrected chi connectivity index (χ3v) is 2.19. The van der Waals surface area contributed by atoms with Gasteiger partial charge in [-0.15, -0.1) is 11.3 Å². The van der Waals surface area contributed by atoms with Crippen LogP contribution in [0.5, 0.6) is 0 Å².